The molecule has 0 aliphatic carbocycles. The minimum Gasteiger partial charge on any atom is -0.441 e. The number of benzene rings is 1. The van der Waals surface area contributed by atoms with Crippen LogP contribution in [0.4, 0.5) is 0 Å². The summed E-state index contributed by atoms with van der Waals surface area (Å²) in [5.74, 6) is 1.62. The van der Waals surface area contributed by atoms with Gasteiger partial charge < -0.3 is 14.4 Å². The number of likely N-dealkylation sites (tertiary alicyclic amines) is 1. The molecule has 0 bridgehead atoms. The maximum absolute atomic E-state index is 12.4. The van der Waals surface area contributed by atoms with E-state index in [1.807, 2.05) is 36.1 Å². The molecule has 1 amide bonds. The number of hydrogen-bond donors (Lipinski definition) is 1. The number of rotatable bonds is 5. The van der Waals surface area contributed by atoms with Crippen LogP contribution in [0.15, 0.2) is 34.9 Å². The fraction of sp³-hybridized carbons (Fsp3) is 0.500. The summed E-state index contributed by atoms with van der Waals surface area (Å²) in [4.78, 5) is 18.6. The third kappa shape index (κ3) is 4.48. The van der Waals surface area contributed by atoms with Crippen LogP contribution in [0, 0.1) is 12.8 Å². The molecule has 2 atom stereocenters. The van der Waals surface area contributed by atoms with Gasteiger partial charge in [-0.05, 0) is 26.7 Å². The smallest absolute Gasteiger partial charge is 0.223 e. The minimum atomic E-state index is -0.362. The van der Waals surface area contributed by atoms with Crippen molar-refractivity contribution in [3.63, 3.8) is 0 Å². The van der Waals surface area contributed by atoms with E-state index in [1.54, 1.807) is 13.1 Å². The lowest BCUT2D eigenvalue weighted by Crippen LogP contribution is -2.43. The Labute approximate surface area is 148 Å². The molecule has 3 rings (SSSR count). The number of amides is 1. The lowest BCUT2D eigenvalue weighted by molar-refractivity contribution is -0.133. The third-order valence-corrected chi connectivity index (χ3v) is 4.94. The standard InChI is InChI=1S/C20H26N2O3/c1-14-5-7-16(8-6-14)18-12-21-19(25-18)9-10-20(24)22-11-3-4-17(13-22)15(2)23/h5-8,12,15,17,23H,3-4,9-11,13H2,1-2H3. The van der Waals surface area contributed by atoms with Crippen LogP contribution >= 0.6 is 0 Å². The molecule has 5 heteroatoms. The number of piperidine rings is 1. The van der Waals surface area contributed by atoms with Crippen molar-refractivity contribution in [3.05, 3.63) is 41.9 Å². The monoisotopic (exact) mass is 342 g/mol. The molecule has 1 aromatic heterocycles. The number of hydrogen-bond acceptors (Lipinski definition) is 4. The van der Waals surface area contributed by atoms with Crippen molar-refractivity contribution in [1.82, 2.24) is 9.88 Å². The van der Waals surface area contributed by atoms with E-state index in [-0.39, 0.29) is 17.9 Å². The normalized spacial score (nSPS) is 19.0. The molecule has 1 aliphatic heterocycles. The highest BCUT2D eigenvalue weighted by Gasteiger charge is 2.26. The highest BCUT2D eigenvalue weighted by molar-refractivity contribution is 5.76. The minimum absolute atomic E-state index is 0.112. The van der Waals surface area contributed by atoms with Crippen molar-refractivity contribution in [3.8, 4) is 11.3 Å². The van der Waals surface area contributed by atoms with Crippen LogP contribution in [-0.4, -0.2) is 40.1 Å². The summed E-state index contributed by atoms with van der Waals surface area (Å²) >= 11 is 0. The molecule has 2 aromatic rings. The Morgan fingerprint density at radius 2 is 2.16 bits per heavy atom. The van der Waals surface area contributed by atoms with Gasteiger partial charge in [-0.2, -0.15) is 0 Å². The molecule has 0 spiro atoms. The molecular weight excluding hydrogens is 316 g/mol. The Hall–Kier alpha value is -2.14. The summed E-state index contributed by atoms with van der Waals surface area (Å²) in [6.07, 6.45) is 4.19. The molecule has 134 valence electrons. The summed E-state index contributed by atoms with van der Waals surface area (Å²) in [7, 11) is 0. The summed E-state index contributed by atoms with van der Waals surface area (Å²) in [5, 5.41) is 9.75. The Morgan fingerprint density at radius 3 is 2.88 bits per heavy atom. The van der Waals surface area contributed by atoms with Gasteiger partial charge in [0.05, 0.1) is 12.3 Å². The third-order valence-electron chi connectivity index (χ3n) is 4.94. The van der Waals surface area contributed by atoms with Gasteiger partial charge in [-0.1, -0.05) is 29.8 Å². The van der Waals surface area contributed by atoms with Crippen LogP contribution in [0.2, 0.25) is 0 Å². The van der Waals surface area contributed by atoms with Gasteiger partial charge in [0.2, 0.25) is 5.91 Å². The summed E-state index contributed by atoms with van der Waals surface area (Å²) < 4.78 is 5.78. The van der Waals surface area contributed by atoms with Gasteiger partial charge in [0.1, 0.15) is 0 Å². The van der Waals surface area contributed by atoms with Crippen LogP contribution in [-0.2, 0) is 11.2 Å². The van der Waals surface area contributed by atoms with Gasteiger partial charge in [-0.25, -0.2) is 4.98 Å². The van der Waals surface area contributed by atoms with Crippen molar-refractivity contribution in [2.24, 2.45) is 5.92 Å². The van der Waals surface area contributed by atoms with E-state index in [0.29, 0.717) is 25.3 Å². The zero-order valence-electron chi connectivity index (χ0n) is 14.9. The number of aliphatic hydroxyl groups excluding tert-OH is 1. The number of oxazole rings is 1. The first kappa shape index (κ1) is 17.7. The van der Waals surface area contributed by atoms with Crippen molar-refractivity contribution in [2.45, 2.75) is 45.6 Å². The summed E-state index contributed by atoms with van der Waals surface area (Å²) in [5.41, 5.74) is 2.19. The van der Waals surface area contributed by atoms with E-state index >= 15 is 0 Å². The van der Waals surface area contributed by atoms with Gasteiger partial charge in [0.25, 0.3) is 0 Å². The topological polar surface area (TPSA) is 66.6 Å². The van der Waals surface area contributed by atoms with Crippen LogP contribution < -0.4 is 0 Å². The molecule has 1 saturated heterocycles. The Morgan fingerprint density at radius 1 is 1.40 bits per heavy atom. The number of aryl methyl sites for hydroxylation is 2. The van der Waals surface area contributed by atoms with Gasteiger partial charge in [-0.3, -0.25) is 4.79 Å². The fourth-order valence-electron chi connectivity index (χ4n) is 3.28. The number of carbonyl (C=O) groups excluding carboxylic acids is 1. The van der Waals surface area contributed by atoms with Gasteiger partial charge >= 0.3 is 0 Å². The second kappa shape index (κ2) is 7.83. The zero-order chi connectivity index (χ0) is 17.8. The molecule has 1 aromatic carbocycles. The highest BCUT2D eigenvalue weighted by Crippen LogP contribution is 2.23. The highest BCUT2D eigenvalue weighted by atomic mass is 16.4. The van der Waals surface area contributed by atoms with Gasteiger partial charge in [0.15, 0.2) is 11.7 Å². The largest absolute Gasteiger partial charge is 0.441 e. The predicted molar refractivity (Wildman–Crippen MR) is 96.0 cm³/mol. The van der Waals surface area contributed by atoms with Crippen molar-refractivity contribution < 1.29 is 14.3 Å². The van der Waals surface area contributed by atoms with E-state index in [4.69, 9.17) is 4.42 Å². The molecule has 1 N–H and O–H groups in total. The van der Waals surface area contributed by atoms with Crippen LogP contribution in [0.25, 0.3) is 11.3 Å². The molecule has 1 fully saturated rings. The second-order valence-corrected chi connectivity index (χ2v) is 6.97. The Bertz CT molecular complexity index is 706. The van der Waals surface area contributed by atoms with E-state index in [9.17, 15) is 9.90 Å². The maximum atomic E-state index is 12.4. The molecule has 0 radical (unpaired) electrons. The van der Waals surface area contributed by atoms with Crippen LogP contribution in [0.3, 0.4) is 0 Å². The van der Waals surface area contributed by atoms with Gasteiger partial charge in [0, 0.05) is 37.4 Å². The molecular formula is C20H26N2O3. The SMILES string of the molecule is Cc1ccc(-c2cnc(CCC(=O)N3CCCC(C(C)O)C3)o2)cc1. The van der Waals surface area contributed by atoms with E-state index in [2.05, 4.69) is 4.98 Å². The predicted octanol–water partition coefficient (Wildman–Crippen LogP) is 3.20. The summed E-state index contributed by atoms with van der Waals surface area (Å²) in [6.45, 7) is 5.28. The van der Waals surface area contributed by atoms with E-state index < -0.39 is 0 Å². The fourth-order valence-corrected chi connectivity index (χ4v) is 3.28. The number of carbonyl (C=O) groups is 1. The van der Waals surface area contributed by atoms with Crippen LogP contribution in [0.1, 0.15) is 37.6 Å². The Balaban J connectivity index is 1.55. The maximum Gasteiger partial charge on any atom is 0.223 e. The average Bonchev–Trinajstić information content (AvgIpc) is 3.09. The number of aromatic nitrogens is 1. The lowest BCUT2D eigenvalue weighted by Gasteiger charge is -2.34. The zero-order valence-corrected chi connectivity index (χ0v) is 14.9. The number of nitrogens with zero attached hydrogens (tertiary/aromatic N) is 2. The van der Waals surface area contributed by atoms with Crippen molar-refractivity contribution in [1.29, 1.82) is 0 Å². The van der Waals surface area contributed by atoms with Crippen LogP contribution in [0.5, 0.6) is 0 Å². The molecule has 5 nitrogen and oxygen atoms in total. The van der Waals surface area contributed by atoms with E-state index in [1.165, 1.54) is 5.56 Å². The average molecular weight is 342 g/mol. The molecule has 25 heavy (non-hydrogen) atoms. The molecule has 1 aliphatic rings. The molecule has 2 heterocycles. The first-order valence-electron chi connectivity index (χ1n) is 9.00. The first-order valence-corrected chi connectivity index (χ1v) is 9.00. The van der Waals surface area contributed by atoms with E-state index in [0.717, 1.165) is 30.7 Å². The molecule has 0 saturated carbocycles. The first-order chi connectivity index (χ1) is 12.0. The van der Waals surface area contributed by atoms with Crippen molar-refractivity contribution >= 4 is 5.91 Å². The number of aliphatic hydroxyl groups is 1. The van der Waals surface area contributed by atoms with Crippen molar-refractivity contribution in [2.75, 3.05) is 13.1 Å². The summed E-state index contributed by atoms with van der Waals surface area (Å²) in [6, 6.07) is 8.09. The lowest BCUT2D eigenvalue weighted by atomic mass is 9.93. The quantitative estimate of drug-likeness (QED) is 0.906. The Kier molecular flexibility index (Phi) is 5.53. The van der Waals surface area contributed by atoms with Gasteiger partial charge in [-0.15, -0.1) is 0 Å². The molecule has 2 unspecified atom stereocenters. The second-order valence-electron chi connectivity index (χ2n) is 6.97.